The number of hydrogen-bond donors (Lipinski definition) is 3. The fourth-order valence-corrected chi connectivity index (χ4v) is 3.42. The van der Waals surface area contributed by atoms with E-state index in [9.17, 15) is 19.1 Å². The number of aldehydes is 1. The van der Waals surface area contributed by atoms with Gasteiger partial charge in [0.2, 0.25) is 0 Å². The second-order valence-electron chi connectivity index (χ2n) is 9.30. The van der Waals surface area contributed by atoms with Crippen LogP contribution in [0.2, 0.25) is 0 Å². The lowest BCUT2D eigenvalue weighted by Crippen LogP contribution is -2.51. The Labute approximate surface area is 206 Å². The number of piperazine rings is 1. The number of aliphatic hydroxyl groups is 1. The van der Waals surface area contributed by atoms with E-state index in [1.54, 1.807) is 23.1 Å². The molecule has 9 heteroatoms. The maximum atomic E-state index is 12.9. The lowest BCUT2D eigenvalue weighted by atomic mass is 9.98. The molecule has 1 unspecified atom stereocenters. The molecule has 1 amide bonds. The highest BCUT2D eigenvalue weighted by atomic mass is 19.1. The third kappa shape index (κ3) is 8.22. The Balaban J connectivity index is 0.000000269. The first-order valence-corrected chi connectivity index (χ1v) is 11.8. The van der Waals surface area contributed by atoms with Crippen LogP contribution in [-0.4, -0.2) is 82.1 Å². The molecule has 1 aliphatic heterocycles. The number of amides is 1. The molecular formula is C26H36FN5O3. The second-order valence-corrected chi connectivity index (χ2v) is 9.30. The molecule has 0 radical (unpaired) electrons. The smallest absolute Gasteiger partial charge is 0.251 e. The zero-order chi connectivity index (χ0) is 26.1. The first kappa shape index (κ1) is 28.1. The average molecular weight is 486 g/mol. The molecule has 1 saturated heterocycles. The van der Waals surface area contributed by atoms with Crippen LogP contribution in [0.15, 0.2) is 36.5 Å². The van der Waals surface area contributed by atoms with Gasteiger partial charge >= 0.3 is 0 Å². The summed E-state index contributed by atoms with van der Waals surface area (Å²) >= 11 is 0. The van der Waals surface area contributed by atoms with Crippen molar-refractivity contribution in [3.05, 3.63) is 59.4 Å². The minimum Gasteiger partial charge on any atom is -0.383 e. The summed E-state index contributed by atoms with van der Waals surface area (Å²) in [5.74, 6) is 0.243. The van der Waals surface area contributed by atoms with Gasteiger partial charge in [0.15, 0.2) is 6.29 Å². The number of aromatic nitrogens is 2. The van der Waals surface area contributed by atoms with E-state index < -0.39 is 6.10 Å². The van der Waals surface area contributed by atoms with Crippen LogP contribution in [0.1, 0.15) is 49.6 Å². The van der Waals surface area contributed by atoms with Gasteiger partial charge in [-0.2, -0.15) is 0 Å². The van der Waals surface area contributed by atoms with Gasteiger partial charge < -0.3 is 25.3 Å². The predicted molar refractivity (Wildman–Crippen MR) is 135 cm³/mol. The molecule has 0 aliphatic carbocycles. The van der Waals surface area contributed by atoms with Crippen molar-refractivity contribution >= 4 is 23.5 Å². The summed E-state index contributed by atoms with van der Waals surface area (Å²) in [4.78, 5) is 33.4. The first-order chi connectivity index (χ1) is 16.5. The Morgan fingerprint density at radius 2 is 1.74 bits per heavy atom. The second kappa shape index (κ2) is 13.1. The highest BCUT2D eigenvalue weighted by Gasteiger charge is 2.26. The number of benzene rings is 1. The number of halogens is 1. The van der Waals surface area contributed by atoms with Gasteiger partial charge in [0.25, 0.3) is 5.91 Å². The largest absolute Gasteiger partial charge is 0.383 e. The van der Waals surface area contributed by atoms with Crippen LogP contribution in [0.4, 0.5) is 4.39 Å². The zero-order valence-electron chi connectivity index (χ0n) is 21.1. The monoisotopic (exact) mass is 485 g/mol. The van der Waals surface area contributed by atoms with Crippen molar-refractivity contribution < 1.29 is 19.1 Å². The van der Waals surface area contributed by atoms with E-state index in [-0.39, 0.29) is 29.3 Å². The SMILES string of the molecule is CC(C)/C(=C/C(=N)c1ccc(F)cc1)c1ncc(C=O)[nH]1.CC(C)C(O)C(=O)N1CCN(C)CC1. The van der Waals surface area contributed by atoms with Gasteiger partial charge in [-0.05, 0) is 60.4 Å². The van der Waals surface area contributed by atoms with E-state index in [0.29, 0.717) is 23.4 Å². The number of hydrogen-bond acceptors (Lipinski definition) is 6. The van der Waals surface area contributed by atoms with Gasteiger partial charge in [-0.1, -0.05) is 27.7 Å². The number of likely N-dealkylation sites (N-methyl/N-ethyl adjacent to an activating group) is 1. The van der Waals surface area contributed by atoms with E-state index >= 15 is 0 Å². The van der Waals surface area contributed by atoms with Crippen molar-refractivity contribution in [1.82, 2.24) is 19.8 Å². The Bertz CT molecular complexity index is 1020. The highest BCUT2D eigenvalue weighted by Crippen LogP contribution is 2.21. The van der Waals surface area contributed by atoms with E-state index in [0.717, 1.165) is 31.8 Å². The summed E-state index contributed by atoms with van der Waals surface area (Å²) in [5, 5.41) is 17.7. The molecule has 0 spiro atoms. The molecule has 190 valence electrons. The Morgan fingerprint density at radius 1 is 1.14 bits per heavy atom. The quantitative estimate of drug-likeness (QED) is 0.412. The van der Waals surface area contributed by atoms with Crippen LogP contribution in [0.5, 0.6) is 0 Å². The predicted octanol–water partition coefficient (Wildman–Crippen LogP) is 3.25. The molecule has 8 nitrogen and oxygen atoms in total. The number of nitrogens with one attached hydrogen (secondary N) is 2. The molecule has 2 heterocycles. The molecule has 0 bridgehead atoms. The summed E-state index contributed by atoms with van der Waals surface area (Å²) in [6.07, 6.45) is 3.00. The number of allylic oxidation sites excluding steroid dienone is 2. The molecule has 3 rings (SSSR count). The van der Waals surface area contributed by atoms with Crippen LogP contribution < -0.4 is 0 Å². The lowest BCUT2D eigenvalue weighted by Gasteiger charge is -2.34. The van der Waals surface area contributed by atoms with Crippen LogP contribution in [0, 0.1) is 23.1 Å². The molecule has 1 atom stereocenters. The number of rotatable bonds is 7. The number of carbonyl (C=O) groups is 2. The Hall–Kier alpha value is -3.17. The minimum atomic E-state index is -0.835. The van der Waals surface area contributed by atoms with Gasteiger partial charge in [0.1, 0.15) is 17.7 Å². The van der Waals surface area contributed by atoms with Crippen molar-refractivity contribution in [2.45, 2.75) is 33.8 Å². The number of aromatic amines is 1. The normalized spacial score (nSPS) is 15.6. The molecule has 2 aromatic rings. The third-order valence-electron chi connectivity index (χ3n) is 5.77. The number of nitrogens with zero attached hydrogens (tertiary/aromatic N) is 3. The molecule has 35 heavy (non-hydrogen) atoms. The summed E-state index contributed by atoms with van der Waals surface area (Å²) < 4.78 is 12.9. The lowest BCUT2D eigenvalue weighted by molar-refractivity contribution is -0.144. The Morgan fingerprint density at radius 3 is 2.23 bits per heavy atom. The highest BCUT2D eigenvalue weighted by molar-refractivity contribution is 6.10. The summed E-state index contributed by atoms with van der Waals surface area (Å²) in [6, 6.07) is 5.77. The van der Waals surface area contributed by atoms with Crippen LogP contribution in [0.25, 0.3) is 5.57 Å². The minimum absolute atomic E-state index is 0.00200. The van der Waals surface area contributed by atoms with E-state index in [2.05, 4.69) is 14.9 Å². The molecule has 1 aromatic heterocycles. The average Bonchev–Trinajstić information content (AvgIpc) is 3.31. The van der Waals surface area contributed by atoms with Gasteiger partial charge in [-0.3, -0.25) is 9.59 Å². The summed E-state index contributed by atoms with van der Waals surface area (Å²) in [7, 11) is 2.04. The van der Waals surface area contributed by atoms with E-state index in [1.807, 2.05) is 34.7 Å². The third-order valence-corrected chi connectivity index (χ3v) is 5.77. The molecule has 1 fully saturated rings. The maximum absolute atomic E-state index is 12.9. The molecular weight excluding hydrogens is 449 g/mol. The van der Waals surface area contributed by atoms with Crippen LogP contribution in [-0.2, 0) is 4.79 Å². The van der Waals surface area contributed by atoms with Gasteiger partial charge in [-0.25, -0.2) is 9.37 Å². The zero-order valence-corrected chi connectivity index (χ0v) is 21.1. The van der Waals surface area contributed by atoms with E-state index in [4.69, 9.17) is 5.41 Å². The molecule has 1 aromatic carbocycles. The van der Waals surface area contributed by atoms with Crippen molar-refractivity contribution in [3.63, 3.8) is 0 Å². The van der Waals surface area contributed by atoms with Crippen LogP contribution >= 0.6 is 0 Å². The van der Waals surface area contributed by atoms with Crippen molar-refractivity contribution in [3.8, 4) is 0 Å². The Kier molecular flexibility index (Phi) is 10.5. The van der Waals surface area contributed by atoms with Crippen molar-refractivity contribution in [2.75, 3.05) is 33.2 Å². The van der Waals surface area contributed by atoms with Crippen molar-refractivity contribution in [2.24, 2.45) is 11.8 Å². The number of carbonyl (C=O) groups excluding carboxylic acids is 2. The maximum Gasteiger partial charge on any atom is 0.251 e. The molecule has 0 saturated carbocycles. The van der Waals surface area contributed by atoms with E-state index in [1.165, 1.54) is 18.3 Å². The van der Waals surface area contributed by atoms with Gasteiger partial charge in [0.05, 0.1) is 17.6 Å². The standard InChI is InChI=1S/C16H16FN3O.C10H20N2O2/c1-10(2)14(16-19-8-13(9-21)20-16)7-15(18)11-3-5-12(17)6-4-11;1-8(2)9(13)10(14)12-6-4-11(3)5-7-12/h3-10,18H,1-2H3,(H,19,20);8-9,13H,4-7H2,1-3H3/b14-7-,18-15?;. The van der Waals surface area contributed by atoms with Crippen LogP contribution in [0.3, 0.4) is 0 Å². The van der Waals surface area contributed by atoms with Gasteiger partial charge in [-0.15, -0.1) is 0 Å². The van der Waals surface area contributed by atoms with Crippen molar-refractivity contribution in [1.29, 1.82) is 5.41 Å². The number of aliphatic hydroxyl groups excluding tert-OH is 1. The number of H-pyrrole nitrogens is 1. The number of imidazole rings is 1. The van der Waals surface area contributed by atoms with Gasteiger partial charge in [0, 0.05) is 26.2 Å². The summed E-state index contributed by atoms with van der Waals surface area (Å²) in [6.45, 7) is 10.9. The first-order valence-electron chi connectivity index (χ1n) is 11.8. The fourth-order valence-electron chi connectivity index (χ4n) is 3.42. The molecule has 3 N–H and O–H groups in total. The summed E-state index contributed by atoms with van der Waals surface area (Å²) in [5.41, 5.74) is 2.10. The fraction of sp³-hybridized carbons (Fsp3) is 0.462. The topological polar surface area (TPSA) is 113 Å². The molecule has 1 aliphatic rings.